The molecule has 4 aromatic rings. The summed E-state index contributed by atoms with van der Waals surface area (Å²) in [6.45, 7) is 0.178. The van der Waals surface area contributed by atoms with E-state index in [9.17, 15) is 24.5 Å². The summed E-state index contributed by atoms with van der Waals surface area (Å²) in [5, 5.41) is 30.1. The van der Waals surface area contributed by atoms with Gasteiger partial charge in [-0.1, -0.05) is 24.3 Å². The van der Waals surface area contributed by atoms with Crippen LogP contribution >= 0.6 is 0 Å². The van der Waals surface area contributed by atoms with Crippen molar-refractivity contribution in [1.29, 1.82) is 0 Å². The fraction of sp³-hybridized carbons (Fsp3) is 0.0435. The number of nitrogens with zero attached hydrogens (tertiary/aromatic N) is 1. The molecule has 7 heteroatoms. The van der Waals surface area contributed by atoms with E-state index in [1.165, 1.54) is 30.5 Å². The molecule has 0 spiro atoms. The number of aromatic nitrogens is 1. The molecule has 0 saturated heterocycles. The van der Waals surface area contributed by atoms with Crippen LogP contribution in [0.4, 0.5) is 4.39 Å². The number of pyridine rings is 1. The molecule has 6 nitrogen and oxygen atoms in total. The first-order valence-corrected chi connectivity index (χ1v) is 9.08. The molecular formula is C23H17FN2O4. The number of phenols is 2. The van der Waals surface area contributed by atoms with Crippen molar-refractivity contribution < 1.29 is 19.7 Å². The molecule has 150 valence electrons. The summed E-state index contributed by atoms with van der Waals surface area (Å²) in [6, 6.07) is 15.5. The van der Waals surface area contributed by atoms with Crippen molar-refractivity contribution in [3.63, 3.8) is 0 Å². The number of aliphatic imine (C=N–C) groups is 1. The maximum atomic E-state index is 13.6. The van der Waals surface area contributed by atoms with Crippen LogP contribution in [0.15, 0.2) is 70.5 Å². The lowest BCUT2D eigenvalue weighted by Gasteiger charge is -2.08. The van der Waals surface area contributed by atoms with E-state index < -0.39 is 5.56 Å². The van der Waals surface area contributed by atoms with Crippen molar-refractivity contribution >= 4 is 17.0 Å². The standard InChI is InChI=1S/C23H17FN2O4/c24-16-3-1-2-14(9-16)15-5-6-17-18(10-15)19(23(30)26-22(17)29)12-25-11-13-4-7-20(27)21(28)8-13/h1-10,12,27-28H,11H2,(H2,26,29,30). The van der Waals surface area contributed by atoms with Crippen molar-refractivity contribution in [3.05, 3.63) is 88.0 Å². The summed E-state index contributed by atoms with van der Waals surface area (Å²) in [5.74, 6) is -1.18. The van der Waals surface area contributed by atoms with E-state index in [1.54, 1.807) is 36.4 Å². The second-order valence-electron chi connectivity index (χ2n) is 6.78. The number of rotatable bonds is 4. The van der Waals surface area contributed by atoms with Crippen LogP contribution in [0.3, 0.4) is 0 Å². The van der Waals surface area contributed by atoms with E-state index in [4.69, 9.17) is 0 Å². The Kier molecular flexibility index (Phi) is 4.93. The Morgan fingerprint density at radius 3 is 2.47 bits per heavy atom. The van der Waals surface area contributed by atoms with Gasteiger partial charge in [-0.25, -0.2) is 4.39 Å². The monoisotopic (exact) mass is 404 g/mol. The zero-order valence-corrected chi connectivity index (χ0v) is 15.6. The summed E-state index contributed by atoms with van der Waals surface area (Å²) in [4.78, 5) is 18.9. The van der Waals surface area contributed by atoms with Crippen molar-refractivity contribution in [1.82, 2.24) is 4.98 Å². The maximum absolute atomic E-state index is 13.6. The van der Waals surface area contributed by atoms with Crippen LogP contribution in [-0.4, -0.2) is 26.5 Å². The van der Waals surface area contributed by atoms with Crippen LogP contribution in [0.2, 0.25) is 0 Å². The highest BCUT2D eigenvalue weighted by atomic mass is 19.1. The smallest absolute Gasteiger partial charge is 0.258 e. The zero-order valence-electron chi connectivity index (χ0n) is 15.6. The molecule has 0 bridgehead atoms. The first kappa shape index (κ1) is 19.2. The molecule has 0 unspecified atom stereocenters. The van der Waals surface area contributed by atoms with Crippen LogP contribution in [0.5, 0.6) is 17.4 Å². The van der Waals surface area contributed by atoms with Gasteiger partial charge in [0.15, 0.2) is 11.5 Å². The van der Waals surface area contributed by atoms with Crippen molar-refractivity contribution in [2.45, 2.75) is 6.54 Å². The molecule has 0 fully saturated rings. The highest BCUT2D eigenvalue weighted by molar-refractivity contribution is 6.02. The number of H-pyrrole nitrogens is 1. The summed E-state index contributed by atoms with van der Waals surface area (Å²) < 4.78 is 13.6. The van der Waals surface area contributed by atoms with Gasteiger partial charge in [0.25, 0.3) is 5.56 Å². The lowest BCUT2D eigenvalue weighted by atomic mass is 9.99. The number of halogens is 1. The molecule has 0 amide bonds. The molecule has 0 atom stereocenters. The van der Waals surface area contributed by atoms with E-state index in [-0.39, 0.29) is 29.7 Å². The van der Waals surface area contributed by atoms with Crippen LogP contribution < -0.4 is 5.56 Å². The summed E-state index contributed by atoms with van der Waals surface area (Å²) >= 11 is 0. The molecule has 4 N–H and O–H groups in total. The van der Waals surface area contributed by atoms with Gasteiger partial charge < -0.3 is 15.3 Å². The van der Waals surface area contributed by atoms with Gasteiger partial charge in [0.05, 0.1) is 12.1 Å². The Morgan fingerprint density at radius 2 is 1.70 bits per heavy atom. The zero-order chi connectivity index (χ0) is 21.3. The second kappa shape index (κ2) is 7.71. The molecule has 3 aromatic carbocycles. The van der Waals surface area contributed by atoms with E-state index in [1.807, 2.05) is 0 Å². The Morgan fingerprint density at radius 1 is 0.900 bits per heavy atom. The van der Waals surface area contributed by atoms with Gasteiger partial charge >= 0.3 is 0 Å². The third-order valence-corrected chi connectivity index (χ3v) is 4.73. The number of phenolic OH excluding ortho intramolecular Hbond substituents is 2. The third-order valence-electron chi connectivity index (χ3n) is 4.73. The summed E-state index contributed by atoms with van der Waals surface area (Å²) in [6.07, 6.45) is 1.42. The van der Waals surface area contributed by atoms with Crippen molar-refractivity contribution in [2.75, 3.05) is 0 Å². The Hall–Kier alpha value is -4.13. The van der Waals surface area contributed by atoms with E-state index >= 15 is 0 Å². The number of hydrogen-bond donors (Lipinski definition) is 4. The van der Waals surface area contributed by atoms with Gasteiger partial charge in [-0.2, -0.15) is 0 Å². The average molecular weight is 404 g/mol. The quantitative estimate of drug-likeness (QED) is 0.304. The average Bonchev–Trinajstić information content (AvgIpc) is 2.72. The summed E-state index contributed by atoms with van der Waals surface area (Å²) in [5.41, 5.74) is 1.83. The molecule has 0 radical (unpaired) electrons. The normalized spacial score (nSPS) is 11.4. The van der Waals surface area contributed by atoms with Gasteiger partial charge in [0.1, 0.15) is 5.82 Å². The number of fused-ring (bicyclic) bond motifs is 1. The van der Waals surface area contributed by atoms with E-state index in [0.29, 0.717) is 33.0 Å². The Labute approximate surface area is 170 Å². The minimum absolute atomic E-state index is 0.178. The highest BCUT2D eigenvalue weighted by Crippen LogP contribution is 2.28. The van der Waals surface area contributed by atoms with Crippen LogP contribution in [0, 0.1) is 5.82 Å². The van der Waals surface area contributed by atoms with Gasteiger partial charge in [-0.15, -0.1) is 0 Å². The van der Waals surface area contributed by atoms with E-state index in [0.717, 1.165) is 0 Å². The molecule has 1 aromatic heterocycles. The number of aromatic hydroxyl groups is 3. The minimum atomic E-state index is -0.450. The maximum Gasteiger partial charge on any atom is 0.258 e. The van der Waals surface area contributed by atoms with Crippen molar-refractivity contribution in [2.24, 2.45) is 4.99 Å². The molecule has 4 rings (SSSR count). The van der Waals surface area contributed by atoms with Crippen LogP contribution in [0.25, 0.3) is 21.9 Å². The molecular weight excluding hydrogens is 387 g/mol. The lowest BCUT2D eigenvalue weighted by molar-refractivity contribution is 0.403. The second-order valence-corrected chi connectivity index (χ2v) is 6.78. The molecule has 0 aliphatic heterocycles. The fourth-order valence-electron chi connectivity index (χ4n) is 3.22. The fourth-order valence-corrected chi connectivity index (χ4v) is 3.22. The first-order chi connectivity index (χ1) is 14.4. The minimum Gasteiger partial charge on any atom is -0.504 e. The molecule has 0 aliphatic carbocycles. The topological polar surface area (TPSA) is 106 Å². The molecule has 1 heterocycles. The van der Waals surface area contributed by atoms with Gasteiger partial charge in [-0.05, 0) is 53.1 Å². The molecule has 0 aliphatic rings. The highest BCUT2D eigenvalue weighted by Gasteiger charge is 2.11. The van der Waals surface area contributed by atoms with E-state index in [2.05, 4.69) is 9.98 Å². The number of hydrogen-bond acceptors (Lipinski definition) is 5. The van der Waals surface area contributed by atoms with Gasteiger partial charge in [-0.3, -0.25) is 14.8 Å². The number of aromatic amines is 1. The largest absolute Gasteiger partial charge is 0.504 e. The van der Waals surface area contributed by atoms with Gasteiger partial charge in [0.2, 0.25) is 5.88 Å². The van der Waals surface area contributed by atoms with Gasteiger partial charge in [0, 0.05) is 17.0 Å². The number of nitrogens with one attached hydrogen (secondary N) is 1. The van der Waals surface area contributed by atoms with Crippen LogP contribution in [0.1, 0.15) is 11.1 Å². The number of benzene rings is 3. The molecule has 30 heavy (non-hydrogen) atoms. The van der Waals surface area contributed by atoms with Crippen LogP contribution in [-0.2, 0) is 6.54 Å². The first-order valence-electron chi connectivity index (χ1n) is 9.08. The Balaban J connectivity index is 1.76. The lowest BCUT2D eigenvalue weighted by Crippen LogP contribution is -2.08. The SMILES string of the molecule is O=c1[nH]c(O)c(C=NCc2ccc(O)c(O)c2)c2cc(-c3cccc(F)c3)ccc12. The predicted octanol–water partition coefficient (Wildman–Crippen LogP) is 4.07. The third kappa shape index (κ3) is 3.73. The predicted molar refractivity (Wildman–Crippen MR) is 113 cm³/mol. The Bertz CT molecular complexity index is 1350. The molecule has 0 saturated carbocycles. The summed E-state index contributed by atoms with van der Waals surface area (Å²) in [7, 11) is 0. The van der Waals surface area contributed by atoms with Crippen molar-refractivity contribution in [3.8, 4) is 28.5 Å².